The topological polar surface area (TPSA) is 59.8 Å². The van der Waals surface area contributed by atoms with Crippen molar-refractivity contribution in [3.05, 3.63) is 65.7 Å². The number of aliphatic hydroxyl groups is 1. The minimum atomic E-state index is -0.556. The monoisotopic (exact) mass is 479 g/mol. The Morgan fingerprint density at radius 2 is 1.77 bits per heavy atom. The van der Waals surface area contributed by atoms with E-state index in [0.717, 1.165) is 47.7 Å². The van der Waals surface area contributed by atoms with Gasteiger partial charge in [0.15, 0.2) is 0 Å². The van der Waals surface area contributed by atoms with E-state index in [0.29, 0.717) is 26.3 Å². The van der Waals surface area contributed by atoms with Gasteiger partial charge in [0.1, 0.15) is 11.4 Å². The lowest BCUT2D eigenvalue weighted by molar-refractivity contribution is 0.00665. The molecule has 35 heavy (non-hydrogen) atoms. The van der Waals surface area contributed by atoms with E-state index >= 15 is 0 Å². The largest absolute Gasteiger partial charge is 0.439 e. The minimum absolute atomic E-state index is 0.274. The zero-order chi connectivity index (χ0) is 25.2. The van der Waals surface area contributed by atoms with Crippen LogP contribution in [0.2, 0.25) is 0 Å². The number of nitrogens with zero attached hydrogens (tertiary/aromatic N) is 3. The van der Waals surface area contributed by atoms with E-state index in [4.69, 9.17) is 14.6 Å². The second-order valence-corrected chi connectivity index (χ2v) is 9.31. The number of rotatable bonds is 14. The molecule has 2 unspecified atom stereocenters. The van der Waals surface area contributed by atoms with Gasteiger partial charge in [-0.3, -0.25) is 4.90 Å². The number of unbranched alkanes of at least 4 members (excludes halogenated alkanes) is 1. The average molecular weight is 480 g/mol. The van der Waals surface area contributed by atoms with Crippen molar-refractivity contribution in [3.63, 3.8) is 0 Å². The molecule has 0 amide bonds. The molecule has 0 spiro atoms. The quantitative estimate of drug-likeness (QED) is 0.289. The second kappa shape index (κ2) is 13.4. The van der Waals surface area contributed by atoms with E-state index in [1.54, 1.807) is 0 Å². The maximum Gasteiger partial charge on any atom is 0.222 e. The third kappa shape index (κ3) is 7.66. The molecule has 0 radical (unpaired) electrons. The highest BCUT2D eigenvalue weighted by atomic mass is 16.5. The first-order valence-corrected chi connectivity index (χ1v) is 12.8. The van der Waals surface area contributed by atoms with Crippen LogP contribution in [-0.2, 0) is 18.3 Å². The van der Waals surface area contributed by atoms with Crippen LogP contribution in [0.15, 0.2) is 54.6 Å². The summed E-state index contributed by atoms with van der Waals surface area (Å²) in [6, 6.07) is 18.5. The summed E-state index contributed by atoms with van der Waals surface area (Å²) in [4.78, 5) is 2.30. The fraction of sp³-hybridized carbons (Fsp3) is 0.483. The molecule has 190 valence electrons. The zero-order valence-corrected chi connectivity index (χ0v) is 21.9. The smallest absolute Gasteiger partial charge is 0.222 e. The van der Waals surface area contributed by atoms with Gasteiger partial charge in [0, 0.05) is 38.3 Å². The number of aliphatic hydroxyl groups excluding tert-OH is 1. The van der Waals surface area contributed by atoms with Gasteiger partial charge in [0.05, 0.1) is 18.3 Å². The summed E-state index contributed by atoms with van der Waals surface area (Å²) in [7, 11) is 1.92. The highest BCUT2D eigenvalue weighted by molar-refractivity contribution is 5.65. The van der Waals surface area contributed by atoms with Gasteiger partial charge in [-0.15, -0.1) is 0 Å². The molecule has 0 aliphatic heterocycles. The summed E-state index contributed by atoms with van der Waals surface area (Å²) in [6.07, 6.45) is 2.51. The number of ether oxygens (including phenoxy) is 2. The predicted molar refractivity (Wildman–Crippen MR) is 142 cm³/mol. The molecule has 3 aromatic rings. The maximum atomic E-state index is 10.7. The second-order valence-electron chi connectivity index (χ2n) is 9.31. The van der Waals surface area contributed by atoms with Gasteiger partial charge in [0.25, 0.3) is 0 Å². The van der Waals surface area contributed by atoms with Crippen molar-refractivity contribution in [2.45, 2.75) is 65.6 Å². The van der Waals surface area contributed by atoms with Crippen LogP contribution in [0, 0.1) is 6.92 Å². The first kappa shape index (κ1) is 26.9. The molecule has 1 heterocycles. The molecular formula is C29H41N3O3. The van der Waals surface area contributed by atoms with Crippen LogP contribution in [0.1, 0.15) is 51.2 Å². The van der Waals surface area contributed by atoms with Gasteiger partial charge in [0.2, 0.25) is 5.88 Å². The van der Waals surface area contributed by atoms with E-state index < -0.39 is 6.10 Å². The Labute approximate surface area is 210 Å². The molecule has 2 aromatic carbocycles. The Bertz CT molecular complexity index is 1020. The van der Waals surface area contributed by atoms with Gasteiger partial charge in [-0.05, 0) is 38.8 Å². The molecule has 2 atom stereocenters. The lowest BCUT2D eigenvalue weighted by Crippen LogP contribution is -2.40. The first-order chi connectivity index (χ1) is 16.9. The van der Waals surface area contributed by atoms with Crippen LogP contribution >= 0.6 is 0 Å². The lowest BCUT2D eigenvalue weighted by atomic mass is 10.1. The summed E-state index contributed by atoms with van der Waals surface area (Å²) in [5.41, 5.74) is 4.14. The van der Waals surface area contributed by atoms with Crippen LogP contribution < -0.4 is 4.74 Å². The number of aryl methyl sites for hydroxylation is 2. The van der Waals surface area contributed by atoms with E-state index in [-0.39, 0.29) is 6.04 Å². The van der Waals surface area contributed by atoms with Gasteiger partial charge in [-0.2, -0.15) is 5.10 Å². The fourth-order valence-corrected chi connectivity index (χ4v) is 4.02. The van der Waals surface area contributed by atoms with Gasteiger partial charge in [-0.25, -0.2) is 4.68 Å². The van der Waals surface area contributed by atoms with Crippen molar-refractivity contribution in [1.29, 1.82) is 0 Å². The number of benzene rings is 2. The van der Waals surface area contributed by atoms with Crippen molar-refractivity contribution in [2.75, 3.05) is 19.8 Å². The zero-order valence-electron chi connectivity index (χ0n) is 21.9. The van der Waals surface area contributed by atoms with E-state index in [1.165, 1.54) is 5.56 Å². The van der Waals surface area contributed by atoms with Crippen molar-refractivity contribution >= 4 is 0 Å². The molecule has 6 nitrogen and oxygen atoms in total. The summed E-state index contributed by atoms with van der Waals surface area (Å²) < 4.78 is 13.9. The number of hydrogen-bond donors (Lipinski definition) is 1. The molecule has 3 rings (SSSR count). The third-order valence-corrected chi connectivity index (χ3v) is 6.34. The number of aromatic nitrogens is 2. The van der Waals surface area contributed by atoms with Crippen LogP contribution in [0.5, 0.6) is 11.6 Å². The summed E-state index contributed by atoms with van der Waals surface area (Å²) in [5, 5.41) is 15.6. The Morgan fingerprint density at radius 3 is 2.43 bits per heavy atom. The summed E-state index contributed by atoms with van der Waals surface area (Å²) >= 11 is 0. The summed E-state index contributed by atoms with van der Waals surface area (Å²) in [5.74, 6) is 1.49. The van der Waals surface area contributed by atoms with Crippen LogP contribution in [0.25, 0.3) is 11.3 Å². The Hall–Kier alpha value is -2.67. The maximum absolute atomic E-state index is 10.7. The van der Waals surface area contributed by atoms with Crippen molar-refractivity contribution in [2.24, 2.45) is 7.05 Å². The molecule has 1 aromatic heterocycles. The Morgan fingerprint density at radius 1 is 1.06 bits per heavy atom. The normalized spacial score (nSPS) is 13.2. The minimum Gasteiger partial charge on any atom is -0.439 e. The van der Waals surface area contributed by atoms with Gasteiger partial charge >= 0.3 is 0 Å². The van der Waals surface area contributed by atoms with Crippen molar-refractivity contribution in [3.8, 4) is 22.9 Å². The lowest BCUT2D eigenvalue weighted by Gasteiger charge is -2.30. The average Bonchev–Trinajstić information content (AvgIpc) is 3.17. The van der Waals surface area contributed by atoms with E-state index in [2.05, 4.69) is 44.7 Å². The Balaban J connectivity index is 1.91. The highest BCUT2D eigenvalue weighted by Gasteiger charge is 2.25. The molecule has 6 heteroatoms. The van der Waals surface area contributed by atoms with Crippen molar-refractivity contribution < 1.29 is 14.6 Å². The highest BCUT2D eigenvalue weighted by Crippen LogP contribution is 2.34. The SMILES string of the molecule is CCCCOCC(O)CN(Cc1c(-c2ccccc2)nn(C)c1Oc1ccc(C)cc1)C(C)CC. The van der Waals surface area contributed by atoms with Crippen molar-refractivity contribution in [1.82, 2.24) is 14.7 Å². The van der Waals surface area contributed by atoms with Crippen LogP contribution in [0.4, 0.5) is 0 Å². The molecular weight excluding hydrogens is 438 g/mol. The molecule has 0 fully saturated rings. The number of hydrogen-bond acceptors (Lipinski definition) is 5. The van der Waals surface area contributed by atoms with Crippen LogP contribution in [-0.4, -0.2) is 51.7 Å². The molecule has 0 aliphatic carbocycles. The van der Waals surface area contributed by atoms with Gasteiger partial charge < -0.3 is 14.6 Å². The van der Waals surface area contributed by atoms with Gasteiger partial charge in [-0.1, -0.05) is 68.3 Å². The molecule has 0 saturated heterocycles. The van der Waals surface area contributed by atoms with Crippen LogP contribution in [0.3, 0.4) is 0 Å². The first-order valence-electron chi connectivity index (χ1n) is 12.8. The summed E-state index contributed by atoms with van der Waals surface area (Å²) in [6.45, 7) is 10.7. The van der Waals surface area contributed by atoms with E-state index in [1.807, 2.05) is 54.2 Å². The standard InChI is InChI=1S/C29H41N3O3/c1-6-8-18-34-21-25(33)19-32(23(4)7-2)20-27-28(24-12-10-9-11-13-24)30-31(5)29(27)35-26-16-14-22(3)15-17-26/h9-17,23,25,33H,6-8,18-21H2,1-5H3. The molecule has 1 N–H and O–H groups in total. The van der Waals surface area contributed by atoms with E-state index in [9.17, 15) is 5.11 Å². The predicted octanol–water partition coefficient (Wildman–Crippen LogP) is 5.97. The fourth-order valence-electron chi connectivity index (χ4n) is 4.02. The molecule has 0 saturated carbocycles. The molecule has 0 bridgehead atoms. The Kier molecular flexibility index (Phi) is 10.3. The molecule has 0 aliphatic rings. The third-order valence-electron chi connectivity index (χ3n) is 6.34.